The van der Waals surface area contributed by atoms with Crippen LogP contribution in [0.1, 0.15) is 11.6 Å². The number of carboxylic acids is 1. The number of halogens is 1. The summed E-state index contributed by atoms with van der Waals surface area (Å²) in [5, 5.41) is 14.6. The molecule has 1 aromatic carbocycles. The number of carbonyl (C=O) groups is 1. The minimum Gasteiger partial charge on any atom is -0.480 e. The molecule has 3 N–H and O–H groups in total. The zero-order valence-electron chi connectivity index (χ0n) is 9.20. The molecule has 0 heterocycles. The van der Waals surface area contributed by atoms with E-state index in [0.29, 0.717) is 5.56 Å². The Labute approximate surface area is 93.5 Å². The van der Waals surface area contributed by atoms with Gasteiger partial charge in [0, 0.05) is 0 Å². The molecule has 2 atom stereocenters. The second kappa shape index (κ2) is 5.58. The van der Waals surface area contributed by atoms with E-state index in [9.17, 15) is 9.18 Å². The average molecular weight is 226 g/mol. The topological polar surface area (TPSA) is 61.4 Å². The van der Waals surface area contributed by atoms with Crippen LogP contribution in [-0.4, -0.2) is 31.2 Å². The number of benzene rings is 1. The molecular weight excluding hydrogens is 211 g/mol. The Balaban J connectivity index is 3.01. The number of hydrogen-bond donors (Lipinski definition) is 3. The highest BCUT2D eigenvalue weighted by atomic mass is 19.1. The lowest BCUT2D eigenvalue weighted by molar-refractivity contribution is -0.140. The summed E-state index contributed by atoms with van der Waals surface area (Å²) < 4.78 is 13.0. The van der Waals surface area contributed by atoms with Crippen molar-refractivity contribution >= 4 is 5.97 Å². The first-order valence-corrected chi connectivity index (χ1v) is 4.93. The van der Waals surface area contributed by atoms with E-state index in [1.54, 1.807) is 26.2 Å². The van der Waals surface area contributed by atoms with Crippen LogP contribution in [-0.2, 0) is 4.79 Å². The lowest BCUT2D eigenvalue weighted by Crippen LogP contribution is -2.44. The van der Waals surface area contributed by atoms with Crippen molar-refractivity contribution in [2.24, 2.45) is 0 Å². The fraction of sp³-hybridized carbons (Fsp3) is 0.364. The number of likely N-dealkylation sites (N-methyl/N-ethyl adjacent to an activating group) is 2. The third-order valence-corrected chi connectivity index (χ3v) is 2.43. The monoisotopic (exact) mass is 226 g/mol. The van der Waals surface area contributed by atoms with Gasteiger partial charge in [0.2, 0.25) is 0 Å². The van der Waals surface area contributed by atoms with E-state index in [0.717, 1.165) is 0 Å². The molecule has 2 unspecified atom stereocenters. The van der Waals surface area contributed by atoms with E-state index in [1.807, 2.05) is 0 Å². The molecule has 0 aromatic heterocycles. The van der Waals surface area contributed by atoms with Crippen LogP contribution in [0.4, 0.5) is 4.39 Å². The van der Waals surface area contributed by atoms with Crippen molar-refractivity contribution in [3.63, 3.8) is 0 Å². The molecule has 0 amide bonds. The van der Waals surface area contributed by atoms with Crippen molar-refractivity contribution in [1.29, 1.82) is 0 Å². The number of aliphatic carboxylic acids is 1. The highest BCUT2D eigenvalue weighted by Crippen LogP contribution is 2.17. The molecule has 16 heavy (non-hydrogen) atoms. The summed E-state index contributed by atoms with van der Waals surface area (Å²) in [5.74, 6) is -1.36. The van der Waals surface area contributed by atoms with Crippen LogP contribution < -0.4 is 10.6 Å². The van der Waals surface area contributed by atoms with Gasteiger partial charge in [0.15, 0.2) is 0 Å². The first-order valence-electron chi connectivity index (χ1n) is 4.93. The maximum Gasteiger partial charge on any atom is 0.322 e. The van der Waals surface area contributed by atoms with Gasteiger partial charge >= 0.3 is 5.97 Å². The molecule has 1 aromatic rings. The molecule has 4 nitrogen and oxygen atoms in total. The lowest BCUT2D eigenvalue weighted by Gasteiger charge is -2.23. The third-order valence-electron chi connectivity index (χ3n) is 2.43. The number of hydrogen-bond acceptors (Lipinski definition) is 3. The smallest absolute Gasteiger partial charge is 0.322 e. The van der Waals surface area contributed by atoms with Crippen LogP contribution in [0.3, 0.4) is 0 Å². The first kappa shape index (κ1) is 12.6. The molecule has 0 aliphatic heterocycles. The van der Waals surface area contributed by atoms with Gasteiger partial charge in [0.25, 0.3) is 0 Å². The largest absolute Gasteiger partial charge is 0.480 e. The summed E-state index contributed by atoms with van der Waals surface area (Å²) in [6.45, 7) is 0. The van der Waals surface area contributed by atoms with E-state index in [2.05, 4.69) is 10.6 Å². The molecule has 0 radical (unpaired) electrons. The van der Waals surface area contributed by atoms with E-state index in [1.165, 1.54) is 12.1 Å². The molecule has 5 heteroatoms. The second-order valence-corrected chi connectivity index (χ2v) is 3.43. The minimum atomic E-state index is -0.980. The molecule has 0 spiro atoms. The zero-order valence-corrected chi connectivity index (χ0v) is 9.20. The highest BCUT2D eigenvalue weighted by Gasteiger charge is 2.26. The van der Waals surface area contributed by atoms with Gasteiger partial charge in [-0.25, -0.2) is 4.39 Å². The Morgan fingerprint density at radius 1 is 1.38 bits per heavy atom. The van der Waals surface area contributed by atoms with Gasteiger partial charge in [-0.2, -0.15) is 0 Å². The summed E-state index contributed by atoms with van der Waals surface area (Å²) in [7, 11) is 3.20. The van der Waals surface area contributed by atoms with Crippen molar-refractivity contribution in [3.8, 4) is 0 Å². The Bertz CT molecular complexity index is 371. The normalized spacial score (nSPS) is 14.4. The number of rotatable bonds is 5. The van der Waals surface area contributed by atoms with Crippen molar-refractivity contribution in [1.82, 2.24) is 10.6 Å². The van der Waals surface area contributed by atoms with E-state index in [4.69, 9.17) is 5.11 Å². The highest BCUT2D eigenvalue weighted by molar-refractivity contribution is 5.74. The molecule has 0 saturated carbocycles. The minimum absolute atomic E-state index is 0.377. The Hall–Kier alpha value is -1.46. The van der Waals surface area contributed by atoms with Crippen LogP contribution in [0.5, 0.6) is 0 Å². The van der Waals surface area contributed by atoms with Crippen molar-refractivity contribution < 1.29 is 14.3 Å². The molecule has 0 saturated heterocycles. The van der Waals surface area contributed by atoms with Crippen molar-refractivity contribution in [2.75, 3.05) is 14.1 Å². The van der Waals surface area contributed by atoms with Gasteiger partial charge in [-0.1, -0.05) is 12.1 Å². The molecule has 1 rings (SSSR count). The zero-order chi connectivity index (χ0) is 12.1. The van der Waals surface area contributed by atoms with Crippen LogP contribution in [0.25, 0.3) is 0 Å². The van der Waals surface area contributed by atoms with Crippen LogP contribution in [0, 0.1) is 5.82 Å². The first-order chi connectivity index (χ1) is 7.60. The Morgan fingerprint density at radius 3 is 2.50 bits per heavy atom. The van der Waals surface area contributed by atoms with Crippen LogP contribution in [0.2, 0.25) is 0 Å². The maximum absolute atomic E-state index is 13.0. The predicted octanol–water partition coefficient (Wildman–Crippen LogP) is 0.759. The van der Waals surface area contributed by atoms with Gasteiger partial charge in [0.05, 0.1) is 6.04 Å². The predicted molar refractivity (Wildman–Crippen MR) is 58.7 cm³/mol. The molecular formula is C11H15FN2O2. The molecule has 88 valence electrons. The van der Waals surface area contributed by atoms with Gasteiger partial charge < -0.3 is 15.7 Å². The maximum atomic E-state index is 13.0. The number of nitrogens with one attached hydrogen (secondary N) is 2. The Kier molecular flexibility index (Phi) is 4.39. The second-order valence-electron chi connectivity index (χ2n) is 3.43. The SMILES string of the molecule is CNC(C(=O)O)C(NC)c1cccc(F)c1. The summed E-state index contributed by atoms with van der Waals surface area (Å²) in [6.07, 6.45) is 0. The van der Waals surface area contributed by atoms with Gasteiger partial charge in [-0.05, 0) is 31.8 Å². The average Bonchev–Trinajstić information content (AvgIpc) is 2.25. The molecule has 0 aliphatic carbocycles. The van der Waals surface area contributed by atoms with Gasteiger partial charge in [-0.15, -0.1) is 0 Å². The molecule has 0 aliphatic rings. The molecule has 0 bridgehead atoms. The van der Waals surface area contributed by atoms with Crippen molar-refractivity contribution in [3.05, 3.63) is 35.6 Å². The van der Waals surface area contributed by atoms with Gasteiger partial charge in [0.1, 0.15) is 11.9 Å². The quantitative estimate of drug-likeness (QED) is 0.693. The lowest BCUT2D eigenvalue weighted by atomic mass is 9.99. The fourth-order valence-corrected chi connectivity index (χ4v) is 1.66. The van der Waals surface area contributed by atoms with Crippen LogP contribution in [0.15, 0.2) is 24.3 Å². The third kappa shape index (κ3) is 2.77. The summed E-state index contributed by atoms with van der Waals surface area (Å²) in [6, 6.07) is 4.63. The summed E-state index contributed by atoms with van der Waals surface area (Å²) >= 11 is 0. The Morgan fingerprint density at radius 2 is 2.06 bits per heavy atom. The standard InChI is InChI=1S/C11H15FN2O2/c1-13-9(10(14-2)11(15)16)7-4-3-5-8(12)6-7/h3-6,9-10,13-14H,1-2H3,(H,15,16). The summed E-state index contributed by atoms with van der Waals surface area (Å²) in [5.41, 5.74) is 0.601. The van der Waals surface area contributed by atoms with E-state index < -0.39 is 18.1 Å². The van der Waals surface area contributed by atoms with E-state index >= 15 is 0 Å². The fourth-order valence-electron chi connectivity index (χ4n) is 1.66. The molecule has 0 fully saturated rings. The van der Waals surface area contributed by atoms with Crippen molar-refractivity contribution in [2.45, 2.75) is 12.1 Å². The number of carboxylic acid groups (broad SMARTS) is 1. The van der Waals surface area contributed by atoms with Crippen LogP contribution >= 0.6 is 0 Å². The van der Waals surface area contributed by atoms with Gasteiger partial charge in [-0.3, -0.25) is 4.79 Å². The van der Waals surface area contributed by atoms with E-state index in [-0.39, 0.29) is 5.82 Å². The summed E-state index contributed by atoms with van der Waals surface area (Å²) in [4.78, 5) is 11.0.